The molecule has 0 aliphatic carbocycles. The first-order chi connectivity index (χ1) is 13.0. The second-order valence-electron chi connectivity index (χ2n) is 6.05. The van der Waals surface area contributed by atoms with Crippen molar-refractivity contribution < 1.29 is 19.0 Å². The van der Waals surface area contributed by atoms with Gasteiger partial charge in [-0.1, -0.05) is 26.0 Å². The maximum absolute atomic E-state index is 12.4. The van der Waals surface area contributed by atoms with Gasteiger partial charge in [0, 0.05) is 0 Å². The maximum Gasteiger partial charge on any atom is 0.258 e. The molecule has 6 heteroatoms. The van der Waals surface area contributed by atoms with Gasteiger partial charge in [0.25, 0.3) is 5.91 Å². The Morgan fingerprint density at radius 2 is 1.74 bits per heavy atom. The van der Waals surface area contributed by atoms with E-state index < -0.39 is 0 Å². The Bertz CT molecular complexity index is 779. The summed E-state index contributed by atoms with van der Waals surface area (Å²) in [6.45, 7) is 4.06. The Kier molecular flexibility index (Phi) is 7.98. The van der Waals surface area contributed by atoms with Crippen LogP contribution in [0.4, 0.5) is 0 Å². The standard InChI is InChI=1S/C21H26BrNO4/c1-5-14-7-9-18(16(22)11-14)27-13-21(24)23-17(6-2)15-8-10-19(25-3)20(12-15)26-4/h7-12,17H,5-6,13H2,1-4H3,(H,23,24)/t17-/m1/s1. The van der Waals surface area contributed by atoms with Crippen molar-refractivity contribution in [3.05, 3.63) is 52.0 Å². The molecule has 0 unspecified atom stereocenters. The molecule has 146 valence electrons. The maximum atomic E-state index is 12.4. The van der Waals surface area contributed by atoms with Crippen LogP contribution in [0.5, 0.6) is 17.2 Å². The molecule has 27 heavy (non-hydrogen) atoms. The van der Waals surface area contributed by atoms with E-state index in [0.29, 0.717) is 17.2 Å². The zero-order valence-electron chi connectivity index (χ0n) is 16.2. The van der Waals surface area contributed by atoms with Crippen LogP contribution in [0.3, 0.4) is 0 Å². The highest BCUT2D eigenvalue weighted by Gasteiger charge is 2.16. The molecule has 0 aliphatic heterocycles. The molecule has 1 atom stereocenters. The SMILES string of the molecule is CCc1ccc(OCC(=O)N[C@H](CC)c2ccc(OC)c(OC)c2)c(Br)c1. The van der Waals surface area contributed by atoms with Gasteiger partial charge in [0.1, 0.15) is 5.75 Å². The van der Waals surface area contributed by atoms with Crippen LogP contribution in [0.1, 0.15) is 37.4 Å². The molecule has 5 nitrogen and oxygen atoms in total. The number of nitrogens with one attached hydrogen (secondary N) is 1. The highest BCUT2D eigenvalue weighted by Crippen LogP contribution is 2.31. The molecule has 0 aromatic heterocycles. The van der Waals surface area contributed by atoms with Crippen LogP contribution < -0.4 is 19.5 Å². The third-order valence-corrected chi connectivity index (χ3v) is 4.94. The Morgan fingerprint density at radius 3 is 2.33 bits per heavy atom. The van der Waals surface area contributed by atoms with E-state index in [1.807, 2.05) is 43.3 Å². The number of amides is 1. The summed E-state index contributed by atoms with van der Waals surface area (Å²) in [7, 11) is 3.19. The van der Waals surface area contributed by atoms with Crippen molar-refractivity contribution in [1.29, 1.82) is 0 Å². The molecule has 0 saturated heterocycles. The minimum Gasteiger partial charge on any atom is -0.493 e. The lowest BCUT2D eigenvalue weighted by atomic mass is 10.0. The first-order valence-electron chi connectivity index (χ1n) is 8.94. The summed E-state index contributed by atoms with van der Waals surface area (Å²) in [5, 5.41) is 3.01. The predicted octanol–water partition coefficient (Wildman–Crippen LogP) is 4.68. The van der Waals surface area contributed by atoms with Gasteiger partial charge >= 0.3 is 0 Å². The number of carbonyl (C=O) groups is 1. The summed E-state index contributed by atoms with van der Waals surface area (Å²) in [5.74, 6) is 1.77. The molecule has 2 aromatic rings. The Labute approximate surface area is 169 Å². The smallest absolute Gasteiger partial charge is 0.258 e. The average molecular weight is 436 g/mol. The van der Waals surface area contributed by atoms with Gasteiger partial charge in [-0.05, 0) is 64.2 Å². The van der Waals surface area contributed by atoms with E-state index in [9.17, 15) is 4.79 Å². The minimum atomic E-state index is -0.178. The fraction of sp³-hybridized carbons (Fsp3) is 0.381. The highest BCUT2D eigenvalue weighted by molar-refractivity contribution is 9.10. The third-order valence-electron chi connectivity index (χ3n) is 4.32. The van der Waals surface area contributed by atoms with Crippen LogP contribution in [-0.2, 0) is 11.2 Å². The lowest BCUT2D eigenvalue weighted by Crippen LogP contribution is -2.32. The number of carbonyl (C=O) groups excluding carboxylic acids is 1. The van der Waals surface area contributed by atoms with Crippen molar-refractivity contribution in [1.82, 2.24) is 5.32 Å². The number of ether oxygens (including phenoxy) is 3. The van der Waals surface area contributed by atoms with E-state index in [1.165, 1.54) is 5.56 Å². The van der Waals surface area contributed by atoms with Crippen molar-refractivity contribution in [2.75, 3.05) is 20.8 Å². The second-order valence-corrected chi connectivity index (χ2v) is 6.90. The molecular weight excluding hydrogens is 410 g/mol. The van der Waals surface area contributed by atoms with Crippen molar-refractivity contribution in [2.45, 2.75) is 32.7 Å². The van der Waals surface area contributed by atoms with E-state index in [2.05, 4.69) is 28.2 Å². The number of aryl methyl sites for hydroxylation is 1. The van der Waals surface area contributed by atoms with Crippen molar-refractivity contribution in [3.63, 3.8) is 0 Å². The van der Waals surface area contributed by atoms with E-state index in [4.69, 9.17) is 14.2 Å². The summed E-state index contributed by atoms with van der Waals surface area (Å²) in [5.41, 5.74) is 2.16. The first kappa shape index (κ1) is 21.1. The van der Waals surface area contributed by atoms with E-state index in [0.717, 1.165) is 22.9 Å². The topological polar surface area (TPSA) is 56.8 Å². The molecule has 2 rings (SSSR count). The Hall–Kier alpha value is -2.21. The first-order valence-corrected chi connectivity index (χ1v) is 9.74. The monoisotopic (exact) mass is 435 g/mol. The minimum absolute atomic E-state index is 0.0478. The van der Waals surface area contributed by atoms with Crippen LogP contribution in [0.15, 0.2) is 40.9 Å². The number of methoxy groups -OCH3 is 2. The van der Waals surface area contributed by atoms with E-state index in [1.54, 1.807) is 14.2 Å². The molecular formula is C21H26BrNO4. The lowest BCUT2D eigenvalue weighted by molar-refractivity contribution is -0.123. The second kappa shape index (κ2) is 10.2. The summed E-state index contributed by atoms with van der Waals surface area (Å²) >= 11 is 3.49. The molecule has 1 N–H and O–H groups in total. The number of hydrogen-bond donors (Lipinski definition) is 1. The van der Waals surface area contributed by atoms with Gasteiger partial charge in [-0.3, -0.25) is 4.79 Å². The molecule has 0 aliphatic rings. The zero-order chi connectivity index (χ0) is 19.8. The fourth-order valence-corrected chi connectivity index (χ4v) is 3.29. The molecule has 1 amide bonds. The molecule has 0 bridgehead atoms. The number of halogens is 1. The van der Waals surface area contributed by atoms with Gasteiger partial charge in [-0.2, -0.15) is 0 Å². The van der Waals surface area contributed by atoms with Gasteiger partial charge in [0.05, 0.1) is 24.7 Å². The quantitative estimate of drug-likeness (QED) is 0.621. The molecule has 0 heterocycles. The molecule has 2 aromatic carbocycles. The summed E-state index contributed by atoms with van der Waals surface area (Å²) in [6, 6.07) is 11.4. The van der Waals surface area contributed by atoms with Gasteiger partial charge in [0.15, 0.2) is 18.1 Å². The molecule has 0 radical (unpaired) electrons. The average Bonchev–Trinajstić information content (AvgIpc) is 2.70. The fourth-order valence-electron chi connectivity index (χ4n) is 2.75. The van der Waals surface area contributed by atoms with Gasteiger partial charge in [0.2, 0.25) is 0 Å². The molecule has 0 spiro atoms. The summed E-state index contributed by atoms with van der Waals surface area (Å²) < 4.78 is 17.1. The van der Waals surface area contributed by atoms with Crippen molar-refractivity contribution in [2.24, 2.45) is 0 Å². The van der Waals surface area contributed by atoms with Crippen molar-refractivity contribution >= 4 is 21.8 Å². The third kappa shape index (κ3) is 5.63. The number of benzene rings is 2. The Balaban J connectivity index is 2.00. The summed E-state index contributed by atoms with van der Waals surface area (Å²) in [6.07, 6.45) is 1.69. The summed E-state index contributed by atoms with van der Waals surface area (Å²) in [4.78, 5) is 12.4. The number of hydrogen-bond acceptors (Lipinski definition) is 4. The van der Waals surface area contributed by atoms with Crippen LogP contribution in [-0.4, -0.2) is 26.7 Å². The van der Waals surface area contributed by atoms with Crippen LogP contribution in [0, 0.1) is 0 Å². The molecule has 0 fully saturated rings. The Morgan fingerprint density at radius 1 is 1.04 bits per heavy atom. The molecule has 0 saturated carbocycles. The lowest BCUT2D eigenvalue weighted by Gasteiger charge is -2.19. The van der Waals surface area contributed by atoms with Crippen molar-refractivity contribution in [3.8, 4) is 17.2 Å². The van der Waals surface area contributed by atoms with Crippen LogP contribution in [0.25, 0.3) is 0 Å². The predicted molar refractivity (Wildman–Crippen MR) is 110 cm³/mol. The largest absolute Gasteiger partial charge is 0.493 e. The van der Waals surface area contributed by atoms with Gasteiger partial charge in [-0.25, -0.2) is 0 Å². The number of rotatable bonds is 9. The van der Waals surface area contributed by atoms with Crippen LogP contribution in [0.2, 0.25) is 0 Å². The van der Waals surface area contributed by atoms with Gasteiger partial charge < -0.3 is 19.5 Å². The van der Waals surface area contributed by atoms with E-state index in [-0.39, 0.29) is 18.6 Å². The van der Waals surface area contributed by atoms with E-state index >= 15 is 0 Å². The van der Waals surface area contributed by atoms with Crippen LogP contribution >= 0.6 is 15.9 Å². The zero-order valence-corrected chi connectivity index (χ0v) is 17.8. The normalized spacial score (nSPS) is 11.6. The van der Waals surface area contributed by atoms with Gasteiger partial charge in [-0.15, -0.1) is 0 Å². The highest BCUT2D eigenvalue weighted by atomic mass is 79.9.